The fourth-order valence-electron chi connectivity index (χ4n) is 1.99. The van der Waals surface area contributed by atoms with Crippen LogP contribution < -0.4 is 5.73 Å². The van der Waals surface area contributed by atoms with Gasteiger partial charge in [-0.25, -0.2) is 0 Å². The van der Waals surface area contributed by atoms with Crippen molar-refractivity contribution in [2.24, 2.45) is 11.7 Å². The van der Waals surface area contributed by atoms with Gasteiger partial charge in [0.05, 0.1) is 0 Å². The number of phenols is 1. The van der Waals surface area contributed by atoms with Gasteiger partial charge in [-0.3, -0.25) is 0 Å². The third-order valence-electron chi connectivity index (χ3n) is 3.20. The predicted octanol–water partition coefficient (Wildman–Crippen LogP) is 2.92. The molecule has 1 saturated carbocycles. The van der Waals surface area contributed by atoms with E-state index in [1.807, 2.05) is 19.1 Å². The highest BCUT2D eigenvalue weighted by Gasteiger charge is 2.27. The molecule has 1 atom stereocenters. The number of phenolic OH excluding ortho intramolecular Hbond substituents is 1. The lowest BCUT2D eigenvalue weighted by Crippen LogP contribution is -2.26. The van der Waals surface area contributed by atoms with Crippen LogP contribution in [0, 0.1) is 12.8 Å². The van der Waals surface area contributed by atoms with Gasteiger partial charge in [-0.15, -0.1) is 12.4 Å². The average Bonchev–Trinajstić information content (AvgIpc) is 2.06. The minimum absolute atomic E-state index is 0. The van der Waals surface area contributed by atoms with Crippen LogP contribution in [0.5, 0.6) is 5.75 Å². The Balaban J connectivity index is 0.00000112. The molecule has 0 aromatic heterocycles. The first-order valence-electron chi connectivity index (χ1n) is 5.23. The smallest absolute Gasteiger partial charge is 0.120 e. The highest BCUT2D eigenvalue weighted by atomic mass is 35.5. The highest BCUT2D eigenvalue weighted by Crippen LogP contribution is 2.38. The second kappa shape index (κ2) is 4.86. The van der Waals surface area contributed by atoms with E-state index >= 15 is 0 Å². The van der Waals surface area contributed by atoms with Gasteiger partial charge in [-0.1, -0.05) is 24.1 Å². The van der Waals surface area contributed by atoms with Crippen LogP contribution in [-0.2, 0) is 0 Å². The fraction of sp³-hybridized carbons (Fsp3) is 0.500. The van der Waals surface area contributed by atoms with E-state index in [2.05, 4.69) is 0 Å². The minimum atomic E-state index is 0. The van der Waals surface area contributed by atoms with Crippen molar-refractivity contribution in [2.75, 3.05) is 0 Å². The Kier molecular flexibility index (Phi) is 4.00. The summed E-state index contributed by atoms with van der Waals surface area (Å²) in [5.74, 6) is 0.915. The van der Waals surface area contributed by atoms with Gasteiger partial charge < -0.3 is 10.8 Å². The Hall–Kier alpha value is -0.730. The summed E-state index contributed by atoms with van der Waals surface area (Å²) in [4.78, 5) is 0. The second-order valence-electron chi connectivity index (χ2n) is 4.28. The molecule has 15 heavy (non-hydrogen) atoms. The topological polar surface area (TPSA) is 46.2 Å². The van der Waals surface area contributed by atoms with Gasteiger partial charge in [0.1, 0.15) is 5.75 Å². The number of benzene rings is 1. The van der Waals surface area contributed by atoms with Crippen LogP contribution in [-0.4, -0.2) is 5.11 Å². The summed E-state index contributed by atoms with van der Waals surface area (Å²) < 4.78 is 0. The quantitative estimate of drug-likeness (QED) is 0.816. The Morgan fingerprint density at radius 2 is 2.07 bits per heavy atom. The number of nitrogens with two attached hydrogens (primary N) is 1. The molecule has 0 radical (unpaired) electrons. The molecule has 0 amide bonds. The van der Waals surface area contributed by atoms with Crippen molar-refractivity contribution >= 4 is 12.4 Å². The second-order valence-corrected chi connectivity index (χ2v) is 4.28. The van der Waals surface area contributed by atoms with Gasteiger partial charge in [-0.05, 0) is 31.7 Å². The molecule has 0 aliphatic heterocycles. The molecule has 2 rings (SSSR count). The van der Waals surface area contributed by atoms with Crippen LogP contribution in [0.15, 0.2) is 18.2 Å². The molecule has 1 aromatic rings. The maximum atomic E-state index is 9.69. The first-order valence-corrected chi connectivity index (χ1v) is 5.23. The molecule has 3 heteroatoms. The Bertz CT molecular complexity index is 336. The molecule has 0 heterocycles. The summed E-state index contributed by atoms with van der Waals surface area (Å²) in [6.07, 6.45) is 3.69. The van der Waals surface area contributed by atoms with Gasteiger partial charge in [0, 0.05) is 11.6 Å². The van der Waals surface area contributed by atoms with Crippen LogP contribution in [0.1, 0.15) is 36.4 Å². The fourth-order valence-corrected chi connectivity index (χ4v) is 1.99. The molecule has 0 unspecified atom stereocenters. The summed E-state index contributed by atoms with van der Waals surface area (Å²) in [6.45, 7) is 2.02. The molecule has 1 aliphatic carbocycles. The number of aromatic hydroxyl groups is 1. The van der Waals surface area contributed by atoms with Gasteiger partial charge >= 0.3 is 0 Å². The summed E-state index contributed by atoms with van der Waals surface area (Å²) in [7, 11) is 0. The summed E-state index contributed by atoms with van der Waals surface area (Å²) >= 11 is 0. The molecule has 1 aromatic carbocycles. The van der Waals surface area contributed by atoms with E-state index in [4.69, 9.17) is 5.73 Å². The van der Waals surface area contributed by atoms with Crippen LogP contribution >= 0.6 is 12.4 Å². The first-order chi connectivity index (χ1) is 6.68. The third-order valence-corrected chi connectivity index (χ3v) is 3.20. The zero-order chi connectivity index (χ0) is 10.1. The number of aryl methyl sites for hydroxylation is 1. The normalized spacial score (nSPS) is 17.7. The van der Waals surface area contributed by atoms with Gasteiger partial charge in [0.25, 0.3) is 0 Å². The van der Waals surface area contributed by atoms with E-state index in [9.17, 15) is 5.11 Å². The van der Waals surface area contributed by atoms with Gasteiger partial charge in [0.2, 0.25) is 0 Å². The zero-order valence-electron chi connectivity index (χ0n) is 8.94. The number of hydrogen-bond acceptors (Lipinski definition) is 2. The lowest BCUT2D eigenvalue weighted by atomic mass is 9.77. The maximum absolute atomic E-state index is 9.69. The lowest BCUT2D eigenvalue weighted by molar-refractivity contribution is 0.260. The number of hydrogen-bond donors (Lipinski definition) is 2. The van der Waals surface area contributed by atoms with Gasteiger partial charge in [0.15, 0.2) is 0 Å². The molecule has 0 saturated heterocycles. The van der Waals surface area contributed by atoms with E-state index in [1.165, 1.54) is 19.3 Å². The molecule has 1 aliphatic rings. The van der Waals surface area contributed by atoms with E-state index in [-0.39, 0.29) is 18.4 Å². The molecule has 1 fully saturated rings. The number of halogens is 1. The maximum Gasteiger partial charge on any atom is 0.120 e. The SMILES string of the molecule is Cc1ccc(O)c([C@H](N)C2CCC2)c1.Cl. The van der Waals surface area contributed by atoms with Crippen molar-refractivity contribution < 1.29 is 5.11 Å². The van der Waals surface area contributed by atoms with E-state index in [1.54, 1.807) is 6.07 Å². The molecule has 0 bridgehead atoms. The van der Waals surface area contributed by atoms with Crippen molar-refractivity contribution in [2.45, 2.75) is 32.2 Å². The predicted molar refractivity (Wildman–Crippen MR) is 64.4 cm³/mol. The molecule has 3 N–H and O–H groups in total. The molecule has 0 spiro atoms. The highest BCUT2D eigenvalue weighted by molar-refractivity contribution is 5.85. The minimum Gasteiger partial charge on any atom is -0.508 e. The standard InChI is InChI=1S/C12H17NO.ClH/c1-8-5-6-11(14)10(7-8)12(13)9-3-2-4-9;/h5-7,9,12,14H,2-4,13H2,1H3;1H/t12-;/m1./s1. The summed E-state index contributed by atoms with van der Waals surface area (Å²) in [6, 6.07) is 5.66. The van der Waals surface area contributed by atoms with Crippen LogP contribution in [0.25, 0.3) is 0 Å². The van der Waals surface area contributed by atoms with E-state index in [0.29, 0.717) is 11.7 Å². The van der Waals surface area contributed by atoms with Crippen LogP contribution in [0.2, 0.25) is 0 Å². The van der Waals surface area contributed by atoms with Crippen molar-refractivity contribution in [1.82, 2.24) is 0 Å². The average molecular weight is 228 g/mol. The summed E-state index contributed by atoms with van der Waals surface area (Å²) in [5.41, 5.74) is 8.18. The Morgan fingerprint density at radius 3 is 2.60 bits per heavy atom. The van der Waals surface area contributed by atoms with Crippen molar-refractivity contribution in [1.29, 1.82) is 0 Å². The van der Waals surface area contributed by atoms with Gasteiger partial charge in [-0.2, -0.15) is 0 Å². The zero-order valence-corrected chi connectivity index (χ0v) is 9.76. The van der Waals surface area contributed by atoms with E-state index in [0.717, 1.165) is 11.1 Å². The van der Waals surface area contributed by atoms with Crippen molar-refractivity contribution in [3.05, 3.63) is 29.3 Å². The van der Waals surface area contributed by atoms with Crippen molar-refractivity contribution in [3.63, 3.8) is 0 Å². The van der Waals surface area contributed by atoms with E-state index < -0.39 is 0 Å². The monoisotopic (exact) mass is 227 g/mol. The Labute approximate surface area is 96.9 Å². The van der Waals surface area contributed by atoms with Crippen LogP contribution in [0.3, 0.4) is 0 Å². The van der Waals surface area contributed by atoms with Crippen molar-refractivity contribution in [3.8, 4) is 5.75 Å². The largest absolute Gasteiger partial charge is 0.508 e. The third kappa shape index (κ3) is 2.44. The molecule has 2 nitrogen and oxygen atoms in total. The number of rotatable bonds is 2. The Morgan fingerprint density at radius 1 is 1.40 bits per heavy atom. The van der Waals surface area contributed by atoms with Crippen LogP contribution in [0.4, 0.5) is 0 Å². The summed E-state index contributed by atoms with van der Waals surface area (Å²) in [5, 5.41) is 9.69. The molecular weight excluding hydrogens is 210 g/mol. The molecular formula is C12H18ClNO. The lowest BCUT2D eigenvalue weighted by Gasteiger charge is -2.31. The molecule has 84 valence electrons. The first kappa shape index (κ1) is 12.3.